The van der Waals surface area contributed by atoms with Crippen LogP contribution < -0.4 is 10.2 Å². The molecule has 1 fully saturated rings. The van der Waals surface area contributed by atoms with E-state index >= 15 is 0 Å². The molecular formula is C14H20N4O2. The van der Waals surface area contributed by atoms with Gasteiger partial charge in [0, 0.05) is 32.2 Å². The van der Waals surface area contributed by atoms with Gasteiger partial charge in [-0.15, -0.1) is 0 Å². The number of carbonyl (C=O) groups is 1. The van der Waals surface area contributed by atoms with E-state index in [1.54, 1.807) is 17.3 Å². The second-order valence-corrected chi connectivity index (χ2v) is 5.51. The number of aromatic nitrogens is 2. The van der Waals surface area contributed by atoms with Gasteiger partial charge in [-0.05, 0) is 24.7 Å². The standard InChI is InChI=1S/C14H20N4O2/c1-10(11-2-6-20-7-3-11)9-18-12(19)8-17-13-14(18)16-5-4-15-13/h4-5,10-11H,2-3,6-9H2,1H3,(H,15,17). The lowest BCUT2D eigenvalue weighted by Crippen LogP contribution is -2.44. The van der Waals surface area contributed by atoms with Crippen LogP contribution >= 0.6 is 0 Å². The maximum atomic E-state index is 12.1. The molecule has 3 heterocycles. The van der Waals surface area contributed by atoms with Gasteiger partial charge < -0.3 is 10.1 Å². The summed E-state index contributed by atoms with van der Waals surface area (Å²) in [7, 11) is 0. The fraction of sp³-hybridized carbons (Fsp3) is 0.643. The van der Waals surface area contributed by atoms with Crippen molar-refractivity contribution in [2.45, 2.75) is 19.8 Å². The van der Waals surface area contributed by atoms with Crippen LogP contribution in [0.2, 0.25) is 0 Å². The van der Waals surface area contributed by atoms with E-state index in [9.17, 15) is 4.79 Å². The van der Waals surface area contributed by atoms with Crippen LogP contribution in [0.5, 0.6) is 0 Å². The number of hydrogen-bond acceptors (Lipinski definition) is 5. The maximum absolute atomic E-state index is 12.1. The molecular weight excluding hydrogens is 256 g/mol. The Kier molecular flexibility index (Phi) is 3.82. The number of fused-ring (bicyclic) bond motifs is 1. The third-order valence-electron chi connectivity index (χ3n) is 4.18. The number of nitrogens with one attached hydrogen (secondary N) is 1. The van der Waals surface area contributed by atoms with E-state index in [-0.39, 0.29) is 5.91 Å². The summed E-state index contributed by atoms with van der Waals surface area (Å²) in [4.78, 5) is 22.5. The van der Waals surface area contributed by atoms with Gasteiger partial charge in [-0.25, -0.2) is 9.97 Å². The van der Waals surface area contributed by atoms with Gasteiger partial charge in [-0.1, -0.05) is 6.92 Å². The van der Waals surface area contributed by atoms with Gasteiger partial charge in [-0.2, -0.15) is 0 Å². The molecule has 108 valence electrons. The second-order valence-electron chi connectivity index (χ2n) is 5.51. The van der Waals surface area contributed by atoms with Gasteiger partial charge >= 0.3 is 0 Å². The molecule has 1 aromatic rings. The van der Waals surface area contributed by atoms with E-state index in [1.807, 2.05) is 0 Å². The van der Waals surface area contributed by atoms with E-state index < -0.39 is 0 Å². The smallest absolute Gasteiger partial charge is 0.247 e. The Hall–Kier alpha value is -1.69. The molecule has 3 rings (SSSR count). The Bertz CT molecular complexity index is 488. The second kappa shape index (κ2) is 5.75. The quantitative estimate of drug-likeness (QED) is 0.901. The van der Waals surface area contributed by atoms with Crippen LogP contribution in [0.25, 0.3) is 0 Å². The molecule has 2 aliphatic heterocycles. The first-order valence-corrected chi connectivity index (χ1v) is 7.18. The Balaban J connectivity index is 1.74. The molecule has 1 atom stereocenters. The fourth-order valence-corrected chi connectivity index (χ4v) is 2.94. The molecule has 0 saturated carbocycles. The largest absolute Gasteiger partial charge is 0.381 e. The van der Waals surface area contributed by atoms with E-state index in [0.717, 1.165) is 26.1 Å². The number of ether oxygens (including phenoxy) is 1. The zero-order chi connectivity index (χ0) is 13.9. The molecule has 6 nitrogen and oxygen atoms in total. The Morgan fingerprint density at radius 3 is 2.95 bits per heavy atom. The predicted octanol–water partition coefficient (Wildman–Crippen LogP) is 1.30. The molecule has 0 aromatic carbocycles. The van der Waals surface area contributed by atoms with E-state index in [4.69, 9.17) is 4.74 Å². The first kappa shape index (κ1) is 13.3. The third-order valence-corrected chi connectivity index (χ3v) is 4.18. The number of anilines is 2. The lowest BCUT2D eigenvalue weighted by Gasteiger charge is -2.34. The average molecular weight is 276 g/mol. The maximum Gasteiger partial charge on any atom is 0.247 e. The van der Waals surface area contributed by atoms with Crippen molar-refractivity contribution in [3.05, 3.63) is 12.4 Å². The summed E-state index contributed by atoms with van der Waals surface area (Å²) in [6.45, 7) is 4.88. The normalized spacial score (nSPS) is 21.2. The van der Waals surface area contributed by atoms with Crippen LogP contribution in [0.15, 0.2) is 12.4 Å². The minimum atomic E-state index is 0.0666. The number of hydrogen-bond donors (Lipinski definition) is 1. The lowest BCUT2D eigenvalue weighted by molar-refractivity contribution is -0.117. The summed E-state index contributed by atoms with van der Waals surface area (Å²) in [6.07, 6.45) is 5.43. The zero-order valence-corrected chi connectivity index (χ0v) is 11.7. The van der Waals surface area contributed by atoms with Crippen LogP contribution in [0.1, 0.15) is 19.8 Å². The first-order valence-electron chi connectivity index (χ1n) is 7.18. The summed E-state index contributed by atoms with van der Waals surface area (Å²) >= 11 is 0. The lowest BCUT2D eigenvalue weighted by atomic mass is 9.87. The van der Waals surface area contributed by atoms with E-state index in [2.05, 4.69) is 22.2 Å². The SMILES string of the molecule is CC(CN1C(=O)CNc2nccnc21)C1CCOCC1. The average Bonchev–Trinajstić information content (AvgIpc) is 2.51. The first-order chi connectivity index (χ1) is 9.75. The van der Waals surface area contributed by atoms with Crippen molar-refractivity contribution in [1.29, 1.82) is 0 Å². The zero-order valence-electron chi connectivity index (χ0n) is 11.7. The van der Waals surface area contributed by atoms with Gasteiger partial charge in [0.05, 0.1) is 6.54 Å². The Labute approximate surface area is 118 Å². The molecule has 1 amide bonds. The Morgan fingerprint density at radius 2 is 2.15 bits per heavy atom. The topological polar surface area (TPSA) is 67.4 Å². The molecule has 1 unspecified atom stereocenters. The van der Waals surface area contributed by atoms with Gasteiger partial charge in [0.2, 0.25) is 5.91 Å². The third kappa shape index (κ3) is 2.60. The van der Waals surface area contributed by atoms with Crippen LogP contribution in [0, 0.1) is 11.8 Å². The Morgan fingerprint density at radius 1 is 1.40 bits per heavy atom. The summed E-state index contributed by atoms with van der Waals surface area (Å²) in [5.41, 5.74) is 0. The molecule has 1 saturated heterocycles. The summed E-state index contributed by atoms with van der Waals surface area (Å²) < 4.78 is 5.40. The van der Waals surface area contributed by atoms with Crippen molar-refractivity contribution in [2.75, 3.05) is 36.5 Å². The molecule has 0 bridgehead atoms. The number of rotatable bonds is 3. The highest BCUT2D eigenvalue weighted by atomic mass is 16.5. The summed E-state index contributed by atoms with van der Waals surface area (Å²) in [6, 6.07) is 0. The highest BCUT2D eigenvalue weighted by Gasteiger charge is 2.30. The minimum Gasteiger partial charge on any atom is -0.381 e. The van der Waals surface area contributed by atoms with E-state index in [1.165, 1.54) is 0 Å². The van der Waals surface area contributed by atoms with Gasteiger partial charge in [0.25, 0.3) is 0 Å². The molecule has 1 aromatic heterocycles. The monoisotopic (exact) mass is 276 g/mol. The molecule has 0 radical (unpaired) electrons. The molecule has 20 heavy (non-hydrogen) atoms. The number of nitrogens with zero attached hydrogens (tertiary/aromatic N) is 3. The number of amides is 1. The molecule has 0 spiro atoms. The summed E-state index contributed by atoms with van der Waals surface area (Å²) in [5.74, 6) is 2.48. The molecule has 1 N–H and O–H groups in total. The molecule has 6 heteroatoms. The number of carbonyl (C=O) groups excluding carboxylic acids is 1. The predicted molar refractivity (Wildman–Crippen MR) is 75.6 cm³/mol. The van der Waals surface area contributed by atoms with E-state index in [0.29, 0.717) is 36.6 Å². The van der Waals surface area contributed by atoms with Crippen LogP contribution in [0.4, 0.5) is 11.6 Å². The van der Waals surface area contributed by atoms with Crippen molar-refractivity contribution in [3.8, 4) is 0 Å². The van der Waals surface area contributed by atoms with Gasteiger partial charge in [-0.3, -0.25) is 9.69 Å². The highest BCUT2D eigenvalue weighted by Crippen LogP contribution is 2.29. The molecule has 2 aliphatic rings. The van der Waals surface area contributed by atoms with Crippen molar-refractivity contribution in [2.24, 2.45) is 11.8 Å². The minimum absolute atomic E-state index is 0.0666. The van der Waals surface area contributed by atoms with Crippen molar-refractivity contribution in [1.82, 2.24) is 9.97 Å². The van der Waals surface area contributed by atoms with Crippen molar-refractivity contribution in [3.63, 3.8) is 0 Å². The summed E-state index contributed by atoms with van der Waals surface area (Å²) in [5, 5.41) is 3.01. The van der Waals surface area contributed by atoms with Crippen molar-refractivity contribution < 1.29 is 9.53 Å². The van der Waals surface area contributed by atoms with Gasteiger partial charge in [0.15, 0.2) is 11.6 Å². The fourth-order valence-electron chi connectivity index (χ4n) is 2.94. The van der Waals surface area contributed by atoms with Crippen LogP contribution in [-0.2, 0) is 9.53 Å². The highest BCUT2D eigenvalue weighted by molar-refractivity contribution is 6.00. The van der Waals surface area contributed by atoms with Crippen molar-refractivity contribution >= 4 is 17.5 Å². The van der Waals surface area contributed by atoms with Crippen LogP contribution in [0.3, 0.4) is 0 Å². The molecule has 0 aliphatic carbocycles. The van der Waals surface area contributed by atoms with Crippen LogP contribution in [-0.4, -0.2) is 42.2 Å². The van der Waals surface area contributed by atoms with Gasteiger partial charge in [0.1, 0.15) is 0 Å².